The predicted octanol–water partition coefficient (Wildman–Crippen LogP) is 2.70. The van der Waals surface area contributed by atoms with Gasteiger partial charge in [0.2, 0.25) is 16.8 Å². The lowest BCUT2D eigenvalue weighted by Crippen LogP contribution is -2.33. The number of amides is 1. The van der Waals surface area contributed by atoms with Crippen LogP contribution in [0.25, 0.3) is 0 Å². The van der Waals surface area contributed by atoms with Gasteiger partial charge in [0.1, 0.15) is 0 Å². The molecule has 26 heavy (non-hydrogen) atoms. The molecular formula is C18H20N2O5S. The van der Waals surface area contributed by atoms with Crippen LogP contribution < -0.4 is 14.8 Å². The van der Waals surface area contributed by atoms with Gasteiger partial charge in [-0.1, -0.05) is 0 Å². The molecule has 0 aromatic heterocycles. The van der Waals surface area contributed by atoms with E-state index in [9.17, 15) is 13.2 Å². The van der Waals surface area contributed by atoms with Gasteiger partial charge in [-0.3, -0.25) is 4.79 Å². The maximum absolute atomic E-state index is 12.5. The fourth-order valence-electron chi connectivity index (χ4n) is 2.40. The fourth-order valence-corrected chi connectivity index (χ4v) is 3.77. The van der Waals surface area contributed by atoms with Crippen molar-refractivity contribution in [2.24, 2.45) is 0 Å². The van der Waals surface area contributed by atoms with Crippen LogP contribution >= 0.6 is 0 Å². The summed E-state index contributed by atoms with van der Waals surface area (Å²) >= 11 is 0. The van der Waals surface area contributed by atoms with Crippen LogP contribution in [0.4, 0.5) is 5.69 Å². The van der Waals surface area contributed by atoms with Gasteiger partial charge >= 0.3 is 0 Å². The van der Waals surface area contributed by atoms with E-state index in [-0.39, 0.29) is 23.6 Å². The third-order valence-electron chi connectivity index (χ3n) is 4.15. The molecule has 7 nitrogen and oxygen atoms in total. The van der Waals surface area contributed by atoms with Gasteiger partial charge in [-0.2, -0.15) is 4.31 Å². The minimum absolute atomic E-state index is 0.147. The van der Waals surface area contributed by atoms with Gasteiger partial charge in [0.25, 0.3) is 5.91 Å². The maximum atomic E-state index is 12.5. The topological polar surface area (TPSA) is 84.9 Å². The van der Waals surface area contributed by atoms with Gasteiger partial charge in [0, 0.05) is 30.4 Å². The standard InChI is InChI=1S/C18H20N2O5S/c1-12(2)20(3)26(22,23)15-7-4-13(5-8-15)18(21)19-14-6-9-16-17(10-14)25-11-24-16/h4-10,12H,11H2,1-3H3,(H,19,21). The van der Waals surface area contributed by atoms with Crippen LogP contribution in [0.1, 0.15) is 24.2 Å². The van der Waals surface area contributed by atoms with E-state index in [1.54, 1.807) is 32.0 Å². The predicted molar refractivity (Wildman–Crippen MR) is 97.0 cm³/mol. The summed E-state index contributed by atoms with van der Waals surface area (Å²) in [5.41, 5.74) is 0.921. The van der Waals surface area contributed by atoms with Crippen LogP contribution in [-0.2, 0) is 10.0 Å². The molecular weight excluding hydrogens is 356 g/mol. The first kappa shape index (κ1) is 18.2. The largest absolute Gasteiger partial charge is 0.454 e. The molecule has 1 amide bonds. The van der Waals surface area contributed by atoms with E-state index in [0.717, 1.165) is 0 Å². The number of hydrogen-bond acceptors (Lipinski definition) is 5. The zero-order valence-corrected chi connectivity index (χ0v) is 15.5. The molecule has 1 heterocycles. The van der Waals surface area contributed by atoms with Crippen molar-refractivity contribution in [1.29, 1.82) is 0 Å². The Labute approximate surface area is 152 Å². The normalized spacial score (nSPS) is 13.3. The minimum Gasteiger partial charge on any atom is -0.454 e. The molecule has 1 aliphatic heterocycles. The Kier molecular flexibility index (Phi) is 4.88. The lowest BCUT2D eigenvalue weighted by molar-refractivity contribution is 0.102. The quantitative estimate of drug-likeness (QED) is 0.867. The Hall–Kier alpha value is -2.58. The van der Waals surface area contributed by atoms with Crippen molar-refractivity contribution in [2.45, 2.75) is 24.8 Å². The number of ether oxygens (including phenoxy) is 2. The van der Waals surface area contributed by atoms with Crippen molar-refractivity contribution >= 4 is 21.6 Å². The van der Waals surface area contributed by atoms with E-state index < -0.39 is 10.0 Å². The number of nitrogens with one attached hydrogen (secondary N) is 1. The summed E-state index contributed by atoms with van der Waals surface area (Å²) in [6.45, 7) is 3.75. The van der Waals surface area contributed by atoms with Crippen molar-refractivity contribution in [2.75, 3.05) is 19.2 Å². The third-order valence-corrected chi connectivity index (χ3v) is 6.20. The Morgan fingerprint density at radius 3 is 2.38 bits per heavy atom. The molecule has 0 spiro atoms. The highest BCUT2D eigenvalue weighted by Gasteiger charge is 2.23. The molecule has 8 heteroatoms. The molecule has 3 rings (SSSR count). The number of carbonyl (C=O) groups is 1. The molecule has 138 valence electrons. The Bertz CT molecular complexity index is 923. The van der Waals surface area contributed by atoms with Crippen LogP contribution in [0, 0.1) is 0 Å². The van der Waals surface area contributed by atoms with E-state index in [1.807, 2.05) is 0 Å². The summed E-state index contributed by atoms with van der Waals surface area (Å²) in [6.07, 6.45) is 0. The van der Waals surface area contributed by atoms with Crippen molar-refractivity contribution in [3.63, 3.8) is 0 Å². The number of nitrogens with zero attached hydrogens (tertiary/aromatic N) is 1. The van der Waals surface area contributed by atoms with Crippen LogP contribution in [-0.4, -0.2) is 38.5 Å². The molecule has 0 fully saturated rings. The van der Waals surface area contributed by atoms with Crippen molar-refractivity contribution in [3.8, 4) is 11.5 Å². The number of fused-ring (bicyclic) bond motifs is 1. The molecule has 1 N–H and O–H groups in total. The third kappa shape index (κ3) is 3.51. The average Bonchev–Trinajstić information content (AvgIpc) is 3.08. The molecule has 2 aromatic carbocycles. The molecule has 0 saturated carbocycles. The number of benzene rings is 2. The number of sulfonamides is 1. The summed E-state index contributed by atoms with van der Waals surface area (Å²) in [4.78, 5) is 12.5. The van der Waals surface area contributed by atoms with E-state index in [1.165, 1.54) is 35.6 Å². The second-order valence-electron chi connectivity index (χ2n) is 6.16. The second-order valence-corrected chi connectivity index (χ2v) is 8.16. The van der Waals surface area contributed by atoms with Gasteiger partial charge < -0.3 is 14.8 Å². The minimum atomic E-state index is -3.58. The summed E-state index contributed by atoms with van der Waals surface area (Å²) in [6, 6.07) is 10.8. The zero-order valence-electron chi connectivity index (χ0n) is 14.7. The Morgan fingerprint density at radius 1 is 1.08 bits per heavy atom. The summed E-state index contributed by atoms with van der Waals surface area (Å²) in [5, 5.41) is 2.75. The highest BCUT2D eigenvalue weighted by atomic mass is 32.2. The van der Waals surface area contributed by atoms with Crippen LogP contribution in [0.2, 0.25) is 0 Å². The summed E-state index contributed by atoms with van der Waals surface area (Å²) in [7, 11) is -2.05. The fraction of sp³-hybridized carbons (Fsp3) is 0.278. The van der Waals surface area contributed by atoms with Crippen LogP contribution in [0.15, 0.2) is 47.4 Å². The molecule has 0 bridgehead atoms. The number of hydrogen-bond donors (Lipinski definition) is 1. The first-order valence-corrected chi connectivity index (χ1v) is 9.52. The van der Waals surface area contributed by atoms with Gasteiger partial charge in [0.05, 0.1) is 4.90 Å². The molecule has 0 unspecified atom stereocenters. The van der Waals surface area contributed by atoms with E-state index >= 15 is 0 Å². The summed E-state index contributed by atoms with van der Waals surface area (Å²) in [5.74, 6) is 0.859. The van der Waals surface area contributed by atoms with Gasteiger partial charge in [0.15, 0.2) is 11.5 Å². The van der Waals surface area contributed by atoms with Crippen molar-refractivity contribution in [1.82, 2.24) is 4.31 Å². The van der Waals surface area contributed by atoms with Gasteiger partial charge in [-0.25, -0.2) is 8.42 Å². The van der Waals surface area contributed by atoms with Crippen molar-refractivity contribution in [3.05, 3.63) is 48.0 Å². The Morgan fingerprint density at radius 2 is 1.73 bits per heavy atom. The molecule has 0 aliphatic carbocycles. The Balaban J connectivity index is 1.75. The number of carbonyl (C=O) groups excluding carboxylic acids is 1. The monoisotopic (exact) mass is 376 g/mol. The van der Waals surface area contributed by atoms with Crippen molar-refractivity contribution < 1.29 is 22.7 Å². The number of rotatable bonds is 5. The second kappa shape index (κ2) is 6.97. The first-order chi connectivity index (χ1) is 12.3. The number of anilines is 1. The maximum Gasteiger partial charge on any atom is 0.255 e. The lowest BCUT2D eigenvalue weighted by Gasteiger charge is -2.21. The molecule has 0 saturated heterocycles. The molecule has 1 aliphatic rings. The first-order valence-electron chi connectivity index (χ1n) is 8.08. The SMILES string of the molecule is CC(C)N(C)S(=O)(=O)c1ccc(C(=O)Nc2ccc3c(c2)OCO3)cc1. The highest BCUT2D eigenvalue weighted by molar-refractivity contribution is 7.89. The van der Waals surface area contributed by atoms with E-state index in [4.69, 9.17) is 9.47 Å². The lowest BCUT2D eigenvalue weighted by atomic mass is 10.2. The van der Waals surface area contributed by atoms with E-state index in [0.29, 0.717) is 22.7 Å². The smallest absolute Gasteiger partial charge is 0.255 e. The highest BCUT2D eigenvalue weighted by Crippen LogP contribution is 2.34. The zero-order chi connectivity index (χ0) is 18.9. The van der Waals surface area contributed by atoms with Crippen LogP contribution in [0.3, 0.4) is 0 Å². The van der Waals surface area contributed by atoms with E-state index in [2.05, 4.69) is 5.32 Å². The summed E-state index contributed by atoms with van der Waals surface area (Å²) < 4.78 is 36.7. The molecule has 0 radical (unpaired) electrons. The van der Waals surface area contributed by atoms with Gasteiger partial charge in [-0.05, 0) is 50.2 Å². The molecule has 2 aromatic rings. The molecule has 0 atom stereocenters. The van der Waals surface area contributed by atoms with Gasteiger partial charge in [-0.15, -0.1) is 0 Å². The average molecular weight is 376 g/mol. The van der Waals surface area contributed by atoms with Crippen LogP contribution in [0.5, 0.6) is 11.5 Å².